The van der Waals surface area contributed by atoms with Crippen LogP contribution in [0.5, 0.6) is 0 Å². The number of benzene rings is 1. The maximum Gasteiger partial charge on any atom is 0.270 e. The average molecular weight is 375 g/mol. The number of nitro benzene ring substituents is 1. The fraction of sp³-hybridized carbons (Fsp3) is 0.200. The summed E-state index contributed by atoms with van der Waals surface area (Å²) >= 11 is 2.56. The Balaban J connectivity index is 1.93. The highest BCUT2D eigenvalue weighted by Gasteiger charge is 2.32. The summed E-state index contributed by atoms with van der Waals surface area (Å²) < 4.78 is 0. The van der Waals surface area contributed by atoms with Crippen LogP contribution in [0.25, 0.3) is 6.08 Å². The molecule has 1 saturated heterocycles. The highest BCUT2D eigenvalue weighted by atomic mass is 32.2. The molecule has 0 atom stereocenters. The monoisotopic (exact) mass is 375 g/mol. The molecule has 0 bridgehead atoms. The minimum atomic E-state index is -0.464. The summed E-state index contributed by atoms with van der Waals surface area (Å²) in [5.41, 5.74) is 0.574. The molecule has 128 valence electrons. The first-order valence-electron chi connectivity index (χ1n) is 7.32. The number of likely N-dealkylation sites (N-methyl/N-ethyl adjacent to an activating group) is 1. The number of carbonyl (C=O) groups is 1. The molecule has 3 rings (SSSR count). The molecule has 8 nitrogen and oxygen atoms in total. The van der Waals surface area contributed by atoms with Crippen LogP contribution in [-0.4, -0.2) is 37.6 Å². The van der Waals surface area contributed by atoms with Crippen molar-refractivity contribution in [3.05, 3.63) is 49.9 Å². The lowest BCUT2D eigenvalue weighted by Gasteiger charge is -2.11. The number of rotatable bonds is 4. The van der Waals surface area contributed by atoms with Gasteiger partial charge in [-0.05, 0) is 37.2 Å². The summed E-state index contributed by atoms with van der Waals surface area (Å²) in [5, 5.41) is 20.6. The van der Waals surface area contributed by atoms with E-state index < -0.39 is 4.92 Å². The minimum Gasteiger partial charge on any atom is -0.287 e. The molecule has 10 heteroatoms. The molecule has 1 aromatic heterocycles. The quantitative estimate of drug-likeness (QED) is 0.461. The first-order chi connectivity index (χ1) is 12.0. The molecule has 1 fully saturated rings. The van der Waals surface area contributed by atoms with Crippen LogP contribution in [0, 0.1) is 17.0 Å². The third-order valence-corrected chi connectivity index (χ3v) is 5.03. The van der Waals surface area contributed by atoms with Gasteiger partial charge in [-0.2, -0.15) is 4.99 Å². The molecule has 1 aromatic carbocycles. The molecular formula is C15H13N5O3S2. The lowest BCUT2D eigenvalue weighted by molar-refractivity contribution is -0.384. The number of thioether (sulfide) groups is 1. The number of hydrogen-bond acceptors (Lipinski definition) is 8. The van der Waals surface area contributed by atoms with Crippen molar-refractivity contribution in [2.45, 2.75) is 13.8 Å². The van der Waals surface area contributed by atoms with Gasteiger partial charge >= 0.3 is 0 Å². The second-order valence-electron chi connectivity index (χ2n) is 5.01. The maximum absolute atomic E-state index is 12.6. The van der Waals surface area contributed by atoms with Gasteiger partial charge in [-0.3, -0.25) is 19.8 Å². The van der Waals surface area contributed by atoms with E-state index in [9.17, 15) is 14.9 Å². The first-order valence-corrected chi connectivity index (χ1v) is 8.96. The Morgan fingerprint density at radius 1 is 1.40 bits per heavy atom. The fourth-order valence-corrected chi connectivity index (χ4v) is 3.82. The lowest BCUT2D eigenvalue weighted by Crippen LogP contribution is -2.28. The van der Waals surface area contributed by atoms with E-state index >= 15 is 0 Å². The van der Waals surface area contributed by atoms with E-state index in [1.165, 1.54) is 35.2 Å². The molecule has 1 aliphatic heterocycles. The summed E-state index contributed by atoms with van der Waals surface area (Å²) in [6.45, 7) is 4.16. The van der Waals surface area contributed by atoms with Crippen LogP contribution in [0.2, 0.25) is 0 Å². The van der Waals surface area contributed by atoms with Gasteiger partial charge in [-0.15, -0.1) is 10.2 Å². The van der Waals surface area contributed by atoms with Crippen molar-refractivity contribution in [2.24, 2.45) is 4.99 Å². The minimum absolute atomic E-state index is 0.0182. The largest absolute Gasteiger partial charge is 0.287 e. The number of non-ortho nitro benzene ring substituents is 1. The Hall–Kier alpha value is -2.59. The van der Waals surface area contributed by atoms with E-state index in [-0.39, 0.29) is 11.6 Å². The molecule has 25 heavy (non-hydrogen) atoms. The first kappa shape index (κ1) is 17.2. The van der Waals surface area contributed by atoms with Crippen LogP contribution in [0.4, 0.5) is 10.8 Å². The molecular weight excluding hydrogens is 362 g/mol. The zero-order valence-electron chi connectivity index (χ0n) is 13.4. The van der Waals surface area contributed by atoms with E-state index in [4.69, 9.17) is 0 Å². The van der Waals surface area contributed by atoms with Crippen molar-refractivity contribution in [2.75, 3.05) is 6.54 Å². The van der Waals surface area contributed by atoms with Gasteiger partial charge in [0.05, 0.1) is 9.83 Å². The number of aromatic nitrogens is 2. The van der Waals surface area contributed by atoms with Crippen molar-refractivity contribution in [3.63, 3.8) is 0 Å². The van der Waals surface area contributed by atoms with Gasteiger partial charge in [0, 0.05) is 18.7 Å². The molecule has 0 radical (unpaired) electrons. The van der Waals surface area contributed by atoms with Gasteiger partial charge in [-0.1, -0.05) is 23.5 Å². The maximum atomic E-state index is 12.6. The number of nitro groups is 1. The van der Waals surface area contributed by atoms with Crippen molar-refractivity contribution in [1.29, 1.82) is 0 Å². The third kappa shape index (κ3) is 3.74. The Labute approximate surface area is 151 Å². The molecule has 0 aliphatic carbocycles. The Morgan fingerprint density at radius 2 is 2.20 bits per heavy atom. The Bertz CT molecular complexity index is 906. The lowest BCUT2D eigenvalue weighted by atomic mass is 10.2. The summed E-state index contributed by atoms with van der Waals surface area (Å²) in [4.78, 5) is 29.4. The normalized spacial score (nSPS) is 17.7. The smallest absolute Gasteiger partial charge is 0.270 e. The van der Waals surface area contributed by atoms with Crippen LogP contribution in [0.3, 0.4) is 0 Å². The van der Waals surface area contributed by atoms with E-state index in [1.54, 1.807) is 23.1 Å². The third-order valence-electron chi connectivity index (χ3n) is 3.29. The van der Waals surface area contributed by atoms with E-state index in [2.05, 4.69) is 15.2 Å². The second-order valence-corrected chi connectivity index (χ2v) is 7.18. The van der Waals surface area contributed by atoms with Crippen LogP contribution in [0.1, 0.15) is 17.5 Å². The average Bonchev–Trinajstić information content (AvgIpc) is 3.11. The van der Waals surface area contributed by atoms with Gasteiger partial charge in [0.15, 0.2) is 5.17 Å². The molecule has 0 spiro atoms. The standard InChI is InChI=1S/C15H13N5O3S2/c1-3-19-13(21)12(8-10-5-4-6-11(7-10)20(22)23)25-15(19)16-14-18-17-9(2)24-14/h4-8H,3H2,1-2H3/b12-8-,16-15+. The van der Waals surface area contributed by atoms with Crippen LogP contribution >= 0.6 is 23.1 Å². The predicted octanol–water partition coefficient (Wildman–Crippen LogP) is 3.38. The predicted molar refractivity (Wildman–Crippen MR) is 97.8 cm³/mol. The topological polar surface area (TPSA) is 102 Å². The zero-order chi connectivity index (χ0) is 18.0. The van der Waals surface area contributed by atoms with Crippen LogP contribution in [0.15, 0.2) is 34.2 Å². The summed E-state index contributed by atoms with van der Waals surface area (Å²) in [6.07, 6.45) is 1.64. The van der Waals surface area contributed by atoms with Crippen LogP contribution in [-0.2, 0) is 4.79 Å². The number of carbonyl (C=O) groups excluding carboxylic acids is 1. The van der Waals surface area contributed by atoms with Crippen molar-refractivity contribution < 1.29 is 9.72 Å². The Kier molecular flexibility index (Phi) is 4.91. The summed E-state index contributed by atoms with van der Waals surface area (Å²) in [7, 11) is 0. The highest BCUT2D eigenvalue weighted by molar-refractivity contribution is 8.18. The van der Waals surface area contributed by atoms with Gasteiger partial charge < -0.3 is 0 Å². The summed E-state index contributed by atoms with van der Waals surface area (Å²) in [6, 6.07) is 6.15. The fourth-order valence-electron chi connectivity index (χ4n) is 2.16. The molecule has 2 aromatic rings. The van der Waals surface area contributed by atoms with Gasteiger partial charge in [0.1, 0.15) is 5.01 Å². The van der Waals surface area contributed by atoms with E-state index in [1.807, 2.05) is 13.8 Å². The molecule has 2 heterocycles. The van der Waals surface area contributed by atoms with E-state index in [0.29, 0.717) is 27.3 Å². The van der Waals surface area contributed by atoms with Crippen LogP contribution < -0.4 is 0 Å². The second kappa shape index (κ2) is 7.11. The number of amidine groups is 1. The van der Waals surface area contributed by atoms with Gasteiger partial charge in [0.2, 0.25) is 5.13 Å². The van der Waals surface area contributed by atoms with Gasteiger partial charge in [0.25, 0.3) is 11.6 Å². The Morgan fingerprint density at radius 3 is 2.84 bits per heavy atom. The molecule has 0 unspecified atom stereocenters. The number of aryl methyl sites for hydroxylation is 1. The van der Waals surface area contributed by atoms with Crippen molar-refractivity contribution in [3.8, 4) is 0 Å². The number of amides is 1. The van der Waals surface area contributed by atoms with Crippen molar-refractivity contribution >= 4 is 51.1 Å². The zero-order valence-corrected chi connectivity index (χ0v) is 15.0. The molecule has 1 aliphatic rings. The number of aliphatic imine (C=N–C) groups is 1. The highest BCUT2D eigenvalue weighted by Crippen LogP contribution is 2.34. The number of nitrogens with zero attached hydrogens (tertiary/aromatic N) is 5. The van der Waals surface area contributed by atoms with Gasteiger partial charge in [-0.25, -0.2) is 0 Å². The number of hydrogen-bond donors (Lipinski definition) is 0. The molecule has 0 N–H and O–H groups in total. The molecule has 1 amide bonds. The van der Waals surface area contributed by atoms with E-state index in [0.717, 1.165) is 5.01 Å². The molecule has 0 saturated carbocycles. The SMILES string of the molecule is CCN1C(=O)/C(=C/c2cccc([N+](=O)[O-])c2)S/C1=N/c1nnc(C)s1. The summed E-state index contributed by atoms with van der Waals surface area (Å²) in [5.74, 6) is -0.181. The van der Waals surface area contributed by atoms with Crippen molar-refractivity contribution in [1.82, 2.24) is 15.1 Å².